The molecular formula is C19H21ClN2O2. The molecule has 0 spiro atoms. The lowest BCUT2D eigenvalue weighted by Gasteiger charge is -2.19. The predicted molar refractivity (Wildman–Crippen MR) is 97.1 cm³/mol. The van der Waals surface area contributed by atoms with Crippen molar-refractivity contribution in [3.05, 3.63) is 59.1 Å². The van der Waals surface area contributed by atoms with Crippen LogP contribution in [0.1, 0.15) is 16.8 Å². The first-order valence-corrected chi connectivity index (χ1v) is 8.46. The Balaban J connectivity index is 1.52. The molecule has 5 heteroatoms. The molecule has 2 aromatic carbocycles. The van der Waals surface area contributed by atoms with Crippen LogP contribution in [0.15, 0.2) is 48.5 Å². The van der Waals surface area contributed by atoms with Gasteiger partial charge < -0.3 is 15.0 Å². The lowest BCUT2D eigenvalue weighted by atomic mass is 10.1. The molecule has 1 amide bonds. The monoisotopic (exact) mass is 344 g/mol. The van der Waals surface area contributed by atoms with E-state index in [0.717, 1.165) is 24.5 Å². The fourth-order valence-electron chi connectivity index (χ4n) is 2.99. The van der Waals surface area contributed by atoms with Gasteiger partial charge >= 0.3 is 0 Å². The number of halogens is 1. The maximum Gasteiger partial charge on any atom is 0.251 e. The smallest absolute Gasteiger partial charge is 0.251 e. The number of hydrogen-bond donors (Lipinski definition) is 1. The van der Waals surface area contributed by atoms with Gasteiger partial charge in [0, 0.05) is 35.9 Å². The van der Waals surface area contributed by atoms with Crippen LogP contribution in [0.25, 0.3) is 0 Å². The molecule has 126 valence electrons. The van der Waals surface area contributed by atoms with E-state index in [1.165, 1.54) is 5.69 Å². The third-order valence-corrected chi connectivity index (χ3v) is 4.61. The summed E-state index contributed by atoms with van der Waals surface area (Å²) in [5.74, 6) is 1.09. The van der Waals surface area contributed by atoms with Crippen LogP contribution in [0.4, 0.5) is 5.69 Å². The molecule has 1 unspecified atom stereocenters. The molecule has 1 N–H and O–H groups in total. The van der Waals surface area contributed by atoms with E-state index in [-0.39, 0.29) is 5.91 Å². The van der Waals surface area contributed by atoms with Gasteiger partial charge in [0.2, 0.25) is 0 Å². The maximum atomic E-state index is 12.3. The number of carbonyl (C=O) groups excluding carboxylic acids is 1. The zero-order valence-electron chi connectivity index (χ0n) is 13.7. The maximum absolute atomic E-state index is 12.3. The van der Waals surface area contributed by atoms with Crippen molar-refractivity contribution < 1.29 is 9.53 Å². The second-order valence-electron chi connectivity index (χ2n) is 6.02. The molecule has 0 radical (unpaired) electrons. The number of hydrogen-bond acceptors (Lipinski definition) is 3. The Morgan fingerprint density at radius 2 is 2.08 bits per heavy atom. The molecule has 1 heterocycles. The molecule has 1 aliphatic heterocycles. The fraction of sp³-hybridized carbons (Fsp3) is 0.316. The molecule has 0 saturated carbocycles. The topological polar surface area (TPSA) is 41.6 Å². The van der Waals surface area contributed by atoms with Gasteiger partial charge in [0.1, 0.15) is 5.75 Å². The lowest BCUT2D eigenvalue weighted by Crippen LogP contribution is -2.31. The first kappa shape index (κ1) is 16.7. The molecule has 0 aromatic heterocycles. The van der Waals surface area contributed by atoms with Crippen LogP contribution >= 0.6 is 11.6 Å². The van der Waals surface area contributed by atoms with Gasteiger partial charge in [-0.25, -0.2) is 0 Å². The van der Waals surface area contributed by atoms with Crippen molar-refractivity contribution in [2.24, 2.45) is 5.92 Å². The summed E-state index contributed by atoms with van der Waals surface area (Å²) in [6.45, 7) is 2.63. The van der Waals surface area contributed by atoms with Crippen molar-refractivity contribution in [1.29, 1.82) is 0 Å². The zero-order valence-corrected chi connectivity index (χ0v) is 14.4. The van der Waals surface area contributed by atoms with Gasteiger partial charge in [0.25, 0.3) is 5.91 Å². The van der Waals surface area contributed by atoms with Gasteiger partial charge in [-0.1, -0.05) is 17.7 Å². The van der Waals surface area contributed by atoms with Crippen molar-refractivity contribution in [1.82, 2.24) is 5.32 Å². The molecule has 24 heavy (non-hydrogen) atoms. The highest BCUT2D eigenvalue weighted by molar-refractivity contribution is 6.30. The van der Waals surface area contributed by atoms with Gasteiger partial charge in [-0.05, 0) is 54.8 Å². The number of nitrogens with zero attached hydrogens (tertiary/aromatic N) is 1. The Labute approximate surface area is 147 Å². The summed E-state index contributed by atoms with van der Waals surface area (Å²) in [6, 6.07) is 15.1. The molecule has 1 saturated heterocycles. The number of rotatable bonds is 5. The number of ether oxygens (including phenoxy) is 1. The molecule has 1 fully saturated rings. The molecule has 0 aliphatic carbocycles. The summed E-state index contributed by atoms with van der Waals surface area (Å²) in [5.41, 5.74) is 1.81. The lowest BCUT2D eigenvalue weighted by molar-refractivity contribution is 0.0948. The van der Waals surface area contributed by atoms with Crippen LogP contribution in [0.5, 0.6) is 5.75 Å². The van der Waals surface area contributed by atoms with E-state index in [9.17, 15) is 4.79 Å². The average Bonchev–Trinajstić information content (AvgIpc) is 3.09. The first-order valence-electron chi connectivity index (χ1n) is 8.08. The second kappa shape index (κ2) is 7.58. The van der Waals surface area contributed by atoms with Crippen molar-refractivity contribution >= 4 is 23.2 Å². The number of amides is 1. The van der Waals surface area contributed by atoms with E-state index >= 15 is 0 Å². The van der Waals surface area contributed by atoms with E-state index in [2.05, 4.69) is 10.2 Å². The van der Waals surface area contributed by atoms with Crippen LogP contribution in [0.3, 0.4) is 0 Å². The van der Waals surface area contributed by atoms with Crippen molar-refractivity contribution in [3.8, 4) is 5.75 Å². The minimum absolute atomic E-state index is 0.0566. The van der Waals surface area contributed by atoms with Crippen LogP contribution in [-0.4, -0.2) is 32.7 Å². The van der Waals surface area contributed by atoms with E-state index < -0.39 is 0 Å². The number of anilines is 1. The predicted octanol–water partition coefficient (Wildman–Crippen LogP) is 3.60. The van der Waals surface area contributed by atoms with Crippen molar-refractivity contribution in [2.45, 2.75) is 6.42 Å². The van der Waals surface area contributed by atoms with E-state index in [0.29, 0.717) is 23.8 Å². The normalized spacial score (nSPS) is 16.9. The molecule has 1 aliphatic rings. The van der Waals surface area contributed by atoms with Gasteiger partial charge in [0.15, 0.2) is 0 Å². The van der Waals surface area contributed by atoms with Crippen LogP contribution in [0, 0.1) is 5.92 Å². The quantitative estimate of drug-likeness (QED) is 0.901. The van der Waals surface area contributed by atoms with Crippen LogP contribution in [0.2, 0.25) is 5.02 Å². The van der Waals surface area contributed by atoms with E-state index in [1.807, 2.05) is 36.4 Å². The Morgan fingerprint density at radius 1 is 1.29 bits per heavy atom. The third kappa shape index (κ3) is 4.01. The Bertz CT molecular complexity index is 703. The standard InChI is InChI=1S/C19H21ClN2O2/c1-24-18-4-2-3-15(11-18)19(23)21-12-14-9-10-22(13-14)17-7-5-16(20)6-8-17/h2-8,11,14H,9-10,12-13H2,1H3,(H,21,23). The van der Waals surface area contributed by atoms with Gasteiger partial charge in [-0.15, -0.1) is 0 Å². The molecule has 3 rings (SSSR count). The SMILES string of the molecule is COc1cccc(C(=O)NCC2CCN(c3ccc(Cl)cc3)C2)c1. The largest absolute Gasteiger partial charge is 0.497 e. The fourth-order valence-corrected chi connectivity index (χ4v) is 3.12. The summed E-state index contributed by atoms with van der Waals surface area (Å²) in [4.78, 5) is 14.6. The summed E-state index contributed by atoms with van der Waals surface area (Å²) < 4.78 is 5.16. The number of carbonyl (C=O) groups is 1. The average molecular weight is 345 g/mol. The number of benzene rings is 2. The van der Waals surface area contributed by atoms with Crippen molar-refractivity contribution in [2.75, 3.05) is 31.6 Å². The van der Waals surface area contributed by atoms with Gasteiger partial charge in [0.05, 0.1) is 7.11 Å². The number of nitrogens with one attached hydrogen (secondary N) is 1. The second-order valence-corrected chi connectivity index (χ2v) is 6.46. The Hall–Kier alpha value is -2.20. The molecule has 1 atom stereocenters. The van der Waals surface area contributed by atoms with E-state index in [1.54, 1.807) is 19.2 Å². The highest BCUT2D eigenvalue weighted by Crippen LogP contribution is 2.25. The highest BCUT2D eigenvalue weighted by atomic mass is 35.5. The van der Waals surface area contributed by atoms with Gasteiger partial charge in [-0.3, -0.25) is 4.79 Å². The van der Waals surface area contributed by atoms with Gasteiger partial charge in [-0.2, -0.15) is 0 Å². The molecular weight excluding hydrogens is 324 g/mol. The highest BCUT2D eigenvalue weighted by Gasteiger charge is 2.23. The summed E-state index contributed by atoms with van der Waals surface area (Å²) in [5, 5.41) is 3.78. The van der Waals surface area contributed by atoms with E-state index in [4.69, 9.17) is 16.3 Å². The Kier molecular flexibility index (Phi) is 5.26. The van der Waals surface area contributed by atoms with Crippen molar-refractivity contribution in [3.63, 3.8) is 0 Å². The molecule has 2 aromatic rings. The Morgan fingerprint density at radius 3 is 2.83 bits per heavy atom. The summed E-state index contributed by atoms with van der Waals surface area (Å²) in [6.07, 6.45) is 1.07. The minimum atomic E-state index is -0.0566. The summed E-state index contributed by atoms with van der Waals surface area (Å²) in [7, 11) is 1.60. The minimum Gasteiger partial charge on any atom is -0.497 e. The summed E-state index contributed by atoms with van der Waals surface area (Å²) >= 11 is 5.94. The third-order valence-electron chi connectivity index (χ3n) is 4.36. The first-order chi connectivity index (χ1) is 11.7. The number of methoxy groups -OCH3 is 1. The van der Waals surface area contributed by atoms with Crippen LogP contribution < -0.4 is 15.0 Å². The van der Waals surface area contributed by atoms with Crippen LogP contribution in [-0.2, 0) is 0 Å². The zero-order chi connectivity index (χ0) is 16.9. The molecule has 4 nitrogen and oxygen atoms in total. The molecule has 0 bridgehead atoms.